The van der Waals surface area contributed by atoms with Crippen LogP contribution in [0, 0.1) is 0 Å². The molecule has 0 saturated carbocycles. The zero-order valence-corrected chi connectivity index (χ0v) is 10.3. The van der Waals surface area contributed by atoms with Crippen LogP contribution in [0.2, 0.25) is 0 Å². The molecule has 2 aromatic carbocycles. The van der Waals surface area contributed by atoms with E-state index in [4.69, 9.17) is 0 Å². The van der Waals surface area contributed by atoms with Crippen LogP contribution in [0.3, 0.4) is 0 Å². The van der Waals surface area contributed by atoms with E-state index in [0.717, 1.165) is 12.0 Å². The van der Waals surface area contributed by atoms with Gasteiger partial charge in [-0.25, -0.2) is 0 Å². The van der Waals surface area contributed by atoms with Crippen LogP contribution in [0.5, 0.6) is 0 Å². The highest BCUT2D eigenvalue weighted by molar-refractivity contribution is 6.08. The smallest absolute Gasteiger partial charge is 0.188 e. The van der Waals surface area contributed by atoms with E-state index in [1.807, 2.05) is 48.5 Å². The molecule has 0 aliphatic heterocycles. The predicted octanol–water partition coefficient (Wildman–Crippen LogP) is 4.06. The molecule has 2 rings (SSSR count). The average Bonchev–Trinajstić information content (AvgIpc) is 2.46. The van der Waals surface area contributed by atoms with E-state index >= 15 is 0 Å². The molecule has 0 aromatic heterocycles. The zero-order valence-electron chi connectivity index (χ0n) is 10.3. The predicted molar refractivity (Wildman–Crippen MR) is 74.7 cm³/mol. The lowest BCUT2D eigenvalue weighted by Gasteiger charge is -2.05. The van der Waals surface area contributed by atoms with Crippen molar-refractivity contribution in [3.05, 3.63) is 83.9 Å². The number of allylic oxidation sites excluding steroid dienone is 1. The lowest BCUT2D eigenvalue weighted by atomic mass is 9.99. The van der Waals surface area contributed by atoms with Crippen LogP contribution in [0.1, 0.15) is 22.3 Å². The van der Waals surface area contributed by atoms with Gasteiger partial charge in [0.05, 0.1) is 0 Å². The first-order chi connectivity index (χ1) is 8.77. The number of carbonyl (C=O) groups excluding carboxylic acids is 1. The summed E-state index contributed by atoms with van der Waals surface area (Å²) in [5.41, 5.74) is 2.63. The lowest BCUT2D eigenvalue weighted by Crippen LogP contribution is -2.03. The molecule has 2 aromatic rings. The SMILES string of the molecule is C=C(CCc1ccccc1)C(=O)c1ccccc1. The van der Waals surface area contributed by atoms with E-state index in [1.165, 1.54) is 5.56 Å². The Morgan fingerprint density at radius 2 is 1.44 bits per heavy atom. The minimum absolute atomic E-state index is 0.0477. The fourth-order valence-corrected chi connectivity index (χ4v) is 1.85. The van der Waals surface area contributed by atoms with E-state index in [-0.39, 0.29) is 5.78 Å². The molecule has 0 spiro atoms. The first kappa shape index (κ1) is 12.3. The summed E-state index contributed by atoms with van der Waals surface area (Å²) in [6.45, 7) is 3.90. The van der Waals surface area contributed by atoms with Gasteiger partial charge in [-0.1, -0.05) is 67.2 Å². The molecule has 0 bridgehead atoms. The summed E-state index contributed by atoms with van der Waals surface area (Å²) in [6.07, 6.45) is 1.57. The van der Waals surface area contributed by atoms with E-state index in [0.29, 0.717) is 12.0 Å². The van der Waals surface area contributed by atoms with Gasteiger partial charge in [0.2, 0.25) is 0 Å². The molecule has 90 valence electrons. The van der Waals surface area contributed by atoms with Gasteiger partial charge >= 0.3 is 0 Å². The maximum absolute atomic E-state index is 12.1. The Morgan fingerprint density at radius 3 is 2.06 bits per heavy atom. The van der Waals surface area contributed by atoms with Gasteiger partial charge in [0.15, 0.2) is 5.78 Å². The molecular formula is C17H16O. The third-order valence-electron chi connectivity index (χ3n) is 2.92. The van der Waals surface area contributed by atoms with Crippen LogP contribution >= 0.6 is 0 Å². The fraction of sp³-hybridized carbons (Fsp3) is 0.118. The number of rotatable bonds is 5. The molecule has 1 heteroatoms. The lowest BCUT2D eigenvalue weighted by molar-refractivity contribution is 0.103. The largest absolute Gasteiger partial charge is 0.289 e. The monoisotopic (exact) mass is 236 g/mol. The third-order valence-corrected chi connectivity index (χ3v) is 2.92. The quantitative estimate of drug-likeness (QED) is 0.565. The van der Waals surface area contributed by atoms with E-state index in [1.54, 1.807) is 0 Å². The van der Waals surface area contributed by atoms with Crippen molar-refractivity contribution in [2.24, 2.45) is 0 Å². The molecule has 0 amide bonds. The average molecular weight is 236 g/mol. The van der Waals surface area contributed by atoms with Gasteiger partial charge in [-0.3, -0.25) is 4.79 Å². The van der Waals surface area contributed by atoms with Crippen molar-refractivity contribution in [1.82, 2.24) is 0 Å². The Hall–Kier alpha value is -2.15. The topological polar surface area (TPSA) is 17.1 Å². The second-order valence-electron chi connectivity index (χ2n) is 4.28. The minimum atomic E-state index is 0.0477. The summed E-state index contributed by atoms with van der Waals surface area (Å²) in [5.74, 6) is 0.0477. The highest BCUT2D eigenvalue weighted by atomic mass is 16.1. The maximum atomic E-state index is 12.1. The van der Waals surface area contributed by atoms with Crippen molar-refractivity contribution in [2.75, 3.05) is 0 Å². The van der Waals surface area contributed by atoms with Gasteiger partial charge in [-0.05, 0) is 24.0 Å². The molecule has 0 saturated heterocycles. The molecule has 0 fully saturated rings. The summed E-state index contributed by atoms with van der Waals surface area (Å²) < 4.78 is 0. The Bertz CT molecular complexity index is 526. The number of hydrogen-bond donors (Lipinski definition) is 0. The molecule has 0 radical (unpaired) electrons. The molecule has 0 atom stereocenters. The van der Waals surface area contributed by atoms with Crippen LogP contribution in [-0.4, -0.2) is 5.78 Å². The normalized spacial score (nSPS) is 10.0. The van der Waals surface area contributed by atoms with E-state index in [2.05, 4.69) is 18.7 Å². The van der Waals surface area contributed by atoms with Gasteiger partial charge in [-0.2, -0.15) is 0 Å². The summed E-state index contributed by atoms with van der Waals surface area (Å²) >= 11 is 0. The first-order valence-electron chi connectivity index (χ1n) is 6.09. The van der Waals surface area contributed by atoms with Gasteiger partial charge in [-0.15, -0.1) is 0 Å². The van der Waals surface area contributed by atoms with Gasteiger partial charge in [0.1, 0.15) is 0 Å². The minimum Gasteiger partial charge on any atom is -0.289 e. The summed E-state index contributed by atoms with van der Waals surface area (Å²) in [5, 5.41) is 0. The third kappa shape index (κ3) is 3.17. The van der Waals surface area contributed by atoms with Crippen LogP contribution in [0.25, 0.3) is 0 Å². The second kappa shape index (κ2) is 5.97. The molecule has 0 N–H and O–H groups in total. The van der Waals surface area contributed by atoms with Crippen LogP contribution < -0.4 is 0 Å². The Morgan fingerprint density at radius 1 is 0.889 bits per heavy atom. The number of ketones is 1. The Balaban J connectivity index is 1.95. The molecule has 18 heavy (non-hydrogen) atoms. The van der Waals surface area contributed by atoms with Gasteiger partial charge in [0.25, 0.3) is 0 Å². The van der Waals surface area contributed by atoms with Crippen molar-refractivity contribution in [3.63, 3.8) is 0 Å². The molecule has 0 aliphatic rings. The first-order valence-corrected chi connectivity index (χ1v) is 6.09. The number of Topliss-reactive ketones (excluding diaryl/α,β-unsaturated/α-hetero) is 1. The highest BCUT2D eigenvalue weighted by Gasteiger charge is 2.09. The number of aryl methyl sites for hydroxylation is 1. The standard InChI is InChI=1S/C17H16O/c1-14(12-13-15-8-4-2-5-9-15)17(18)16-10-6-3-7-11-16/h2-11H,1,12-13H2. The summed E-state index contributed by atoms with van der Waals surface area (Å²) in [4.78, 5) is 12.1. The number of hydrogen-bond acceptors (Lipinski definition) is 1. The van der Waals surface area contributed by atoms with Crippen LogP contribution in [0.15, 0.2) is 72.8 Å². The van der Waals surface area contributed by atoms with Crippen molar-refractivity contribution >= 4 is 5.78 Å². The summed E-state index contributed by atoms with van der Waals surface area (Å²) in [7, 11) is 0. The molecular weight excluding hydrogens is 220 g/mol. The second-order valence-corrected chi connectivity index (χ2v) is 4.28. The number of carbonyl (C=O) groups is 1. The van der Waals surface area contributed by atoms with Crippen LogP contribution in [0.4, 0.5) is 0 Å². The Kier molecular flexibility index (Phi) is 4.08. The number of benzene rings is 2. The van der Waals surface area contributed by atoms with Crippen molar-refractivity contribution in [2.45, 2.75) is 12.8 Å². The molecule has 0 unspecified atom stereocenters. The van der Waals surface area contributed by atoms with E-state index in [9.17, 15) is 4.79 Å². The molecule has 0 aliphatic carbocycles. The van der Waals surface area contributed by atoms with Crippen molar-refractivity contribution in [1.29, 1.82) is 0 Å². The maximum Gasteiger partial charge on any atom is 0.188 e. The zero-order chi connectivity index (χ0) is 12.8. The van der Waals surface area contributed by atoms with Crippen molar-refractivity contribution < 1.29 is 4.79 Å². The van der Waals surface area contributed by atoms with Gasteiger partial charge in [0, 0.05) is 5.56 Å². The van der Waals surface area contributed by atoms with E-state index < -0.39 is 0 Å². The van der Waals surface area contributed by atoms with Crippen LogP contribution in [-0.2, 0) is 6.42 Å². The van der Waals surface area contributed by atoms with Crippen molar-refractivity contribution in [3.8, 4) is 0 Å². The highest BCUT2D eigenvalue weighted by Crippen LogP contribution is 2.13. The molecule has 1 nitrogen and oxygen atoms in total. The summed E-state index contributed by atoms with van der Waals surface area (Å²) in [6, 6.07) is 19.5. The Labute approximate surface area is 108 Å². The van der Waals surface area contributed by atoms with Gasteiger partial charge < -0.3 is 0 Å². The molecule has 0 heterocycles. The fourth-order valence-electron chi connectivity index (χ4n) is 1.85.